The van der Waals surface area contributed by atoms with Crippen molar-refractivity contribution in [3.63, 3.8) is 0 Å². The summed E-state index contributed by atoms with van der Waals surface area (Å²) in [6, 6.07) is 0. The van der Waals surface area contributed by atoms with E-state index in [0.29, 0.717) is 5.56 Å². The maximum Gasteiger partial charge on any atom is 0.341 e. The van der Waals surface area contributed by atoms with Crippen molar-refractivity contribution in [3.8, 4) is 0 Å². The Labute approximate surface area is 147 Å². The average Bonchev–Trinajstić information content (AvgIpc) is 2.90. The van der Waals surface area contributed by atoms with Crippen LogP contribution in [0.3, 0.4) is 0 Å². The Hall–Kier alpha value is -2.68. The van der Waals surface area contributed by atoms with Crippen LogP contribution in [-0.4, -0.2) is 30.9 Å². The molecule has 134 valence electrons. The number of allylic oxidation sites excluding steroid dienone is 2. The molecule has 1 aromatic rings. The van der Waals surface area contributed by atoms with Gasteiger partial charge in [0.2, 0.25) is 5.91 Å². The number of ether oxygens (including phenoxy) is 1. The summed E-state index contributed by atoms with van der Waals surface area (Å²) in [7, 11) is 1.17. The van der Waals surface area contributed by atoms with Crippen LogP contribution in [0.5, 0.6) is 0 Å². The second-order valence-electron chi connectivity index (χ2n) is 5.58. The summed E-state index contributed by atoms with van der Waals surface area (Å²) in [6.07, 6.45) is 3.84. The molecule has 2 rings (SSSR count). The number of methoxy groups -OCH3 is 1. The Balaban J connectivity index is 2.35. The van der Waals surface area contributed by atoms with Gasteiger partial charge in [0, 0.05) is 11.9 Å². The van der Waals surface area contributed by atoms with E-state index >= 15 is 0 Å². The molecule has 2 atom stereocenters. The van der Waals surface area contributed by atoms with Gasteiger partial charge in [-0.05, 0) is 25.3 Å². The second-order valence-corrected chi connectivity index (χ2v) is 6.60. The van der Waals surface area contributed by atoms with Gasteiger partial charge in [-0.2, -0.15) is 0 Å². The van der Waals surface area contributed by atoms with Crippen molar-refractivity contribution in [3.05, 3.63) is 28.2 Å². The molecule has 1 aliphatic carbocycles. The first-order valence-corrected chi connectivity index (χ1v) is 8.27. The minimum absolute atomic E-state index is 0.0333. The molecule has 1 heterocycles. The Kier molecular flexibility index (Phi) is 5.58. The summed E-state index contributed by atoms with van der Waals surface area (Å²) in [4.78, 5) is 47.4. The highest BCUT2D eigenvalue weighted by Crippen LogP contribution is 2.35. The van der Waals surface area contributed by atoms with Gasteiger partial charge in [0.25, 0.3) is 5.91 Å². The smallest absolute Gasteiger partial charge is 0.341 e. The van der Waals surface area contributed by atoms with Crippen molar-refractivity contribution in [1.82, 2.24) is 0 Å². The number of aliphatic carboxylic acids is 1. The van der Waals surface area contributed by atoms with Crippen molar-refractivity contribution in [1.29, 1.82) is 0 Å². The number of rotatable bonds is 5. The summed E-state index contributed by atoms with van der Waals surface area (Å²) < 4.78 is 4.69. The standard InChI is InChI=1S/C16H18N2O6S/c1-7-10(16(23)24-2)14(25-11(7)12(17)19)18-13(20)8-5-3-4-6-9(8)15(21)22/h3-4,8-9H,5-6H2,1-2H3,(H2,17,19)(H,18,20)(H,21,22)/p-1/t8-,9+/m0/s1. The minimum atomic E-state index is -1.31. The highest BCUT2D eigenvalue weighted by atomic mass is 32.1. The zero-order valence-electron chi connectivity index (χ0n) is 13.7. The lowest BCUT2D eigenvalue weighted by Crippen LogP contribution is -2.41. The van der Waals surface area contributed by atoms with E-state index in [-0.39, 0.29) is 28.3 Å². The largest absolute Gasteiger partial charge is 0.550 e. The third kappa shape index (κ3) is 3.71. The Morgan fingerprint density at radius 1 is 1.24 bits per heavy atom. The highest BCUT2D eigenvalue weighted by molar-refractivity contribution is 7.18. The molecule has 0 saturated carbocycles. The molecule has 0 aliphatic heterocycles. The fraction of sp³-hybridized carbons (Fsp3) is 0.375. The lowest BCUT2D eigenvalue weighted by atomic mass is 9.82. The number of carbonyl (C=O) groups is 4. The van der Waals surface area contributed by atoms with Gasteiger partial charge >= 0.3 is 5.97 Å². The van der Waals surface area contributed by atoms with Crippen LogP contribution in [-0.2, 0) is 14.3 Å². The molecule has 0 unspecified atom stereocenters. The first kappa shape index (κ1) is 18.7. The van der Waals surface area contributed by atoms with Gasteiger partial charge in [-0.15, -0.1) is 11.3 Å². The summed E-state index contributed by atoms with van der Waals surface area (Å²) in [5.41, 5.74) is 5.62. The maximum atomic E-state index is 12.5. The zero-order valence-corrected chi connectivity index (χ0v) is 14.5. The maximum absolute atomic E-state index is 12.5. The predicted octanol–water partition coefficient (Wildman–Crippen LogP) is 0.213. The molecule has 25 heavy (non-hydrogen) atoms. The monoisotopic (exact) mass is 365 g/mol. The summed E-state index contributed by atoms with van der Waals surface area (Å²) in [5, 5.41) is 13.9. The van der Waals surface area contributed by atoms with E-state index in [1.54, 1.807) is 12.2 Å². The number of nitrogens with two attached hydrogens (primary N) is 1. The first-order valence-electron chi connectivity index (χ1n) is 7.46. The summed E-state index contributed by atoms with van der Waals surface area (Å²) in [5.74, 6) is -5.13. The molecular formula is C16H17N2O6S-. The Bertz CT molecular complexity index is 767. The molecule has 2 amide bonds. The van der Waals surface area contributed by atoms with E-state index in [9.17, 15) is 24.3 Å². The molecule has 1 aromatic heterocycles. The third-order valence-corrected chi connectivity index (χ3v) is 5.29. The molecule has 0 bridgehead atoms. The van der Waals surface area contributed by atoms with Crippen molar-refractivity contribution in [2.45, 2.75) is 19.8 Å². The van der Waals surface area contributed by atoms with Crippen LogP contribution in [0.1, 0.15) is 38.4 Å². The number of carboxylic acid groups (broad SMARTS) is 1. The number of hydrogen-bond donors (Lipinski definition) is 2. The number of anilines is 1. The van der Waals surface area contributed by atoms with Crippen LogP contribution in [0.2, 0.25) is 0 Å². The van der Waals surface area contributed by atoms with E-state index in [4.69, 9.17) is 5.73 Å². The minimum Gasteiger partial charge on any atom is -0.550 e. The number of hydrogen-bond acceptors (Lipinski definition) is 7. The van der Waals surface area contributed by atoms with E-state index in [1.807, 2.05) is 0 Å². The van der Waals surface area contributed by atoms with Gasteiger partial charge in [0.1, 0.15) is 5.00 Å². The zero-order chi connectivity index (χ0) is 18.7. The van der Waals surface area contributed by atoms with E-state index in [1.165, 1.54) is 14.0 Å². The van der Waals surface area contributed by atoms with Crippen LogP contribution in [0.25, 0.3) is 0 Å². The van der Waals surface area contributed by atoms with Crippen molar-refractivity contribution in [2.24, 2.45) is 17.6 Å². The number of esters is 1. The van der Waals surface area contributed by atoms with Crippen LogP contribution < -0.4 is 16.2 Å². The van der Waals surface area contributed by atoms with Crippen LogP contribution in [0.4, 0.5) is 5.00 Å². The van der Waals surface area contributed by atoms with Crippen LogP contribution in [0.15, 0.2) is 12.2 Å². The summed E-state index contributed by atoms with van der Waals surface area (Å²) >= 11 is 0.851. The number of carbonyl (C=O) groups excluding carboxylic acids is 4. The van der Waals surface area contributed by atoms with Crippen molar-refractivity contribution < 1.29 is 29.0 Å². The molecule has 0 spiro atoms. The Morgan fingerprint density at radius 2 is 1.84 bits per heavy atom. The number of primary amides is 1. The molecule has 1 aliphatic rings. The van der Waals surface area contributed by atoms with Crippen LogP contribution in [0, 0.1) is 18.8 Å². The third-order valence-electron chi connectivity index (χ3n) is 4.07. The van der Waals surface area contributed by atoms with Gasteiger partial charge in [-0.1, -0.05) is 12.2 Å². The molecular weight excluding hydrogens is 348 g/mol. The highest BCUT2D eigenvalue weighted by Gasteiger charge is 2.32. The SMILES string of the molecule is COC(=O)c1c(NC(=O)[C@H]2CC=CC[C@H]2C(=O)[O-])sc(C(N)=O)c1C. The molecule has 3 N–H and O–H groups in total. The number of carboxylic acids is 1. The molecule has 9 heteroatoms. The fourth-order valence-corrected chi connectivity index (χ4v) is 3.80. The molecule has 0 aromatic carbocycles. The second kappa shape index (κ2) is 7.47. The van der Waals surface area contributed by atoms with Gasteiger partial charge < -0.3 is 25.7 Å². The molecule has 0 radical (unpaired) electrons. The topological polar surface area (TPSA) is 139 Å². The van der Waals surface area contributed by atoms with Gasteiger partial charge in [0.05, 0.1) is 23.5 Å². The Morgan fingerprint density at radius 3 is 2.36 bits per heavy atom. The number of thiophene rings is 1. The van der Waals surface area contributed by atoms with E-state index in [0.717, 1.165) is 11.3 Å². The normalized spacial score (nSPS) is 19.3. The quantitative estimate of drug-likeness (QED) is 0.565. The van der Waals surface area contributed by atoms with E-state index in [2.05, 4.69) is 10.1 Å². The lowest BCUT2D eigenvalue weighted by molar-refractivity contribution is -0.313. The van der Waals surface area contributed by atoms with Crippen molar-refractivity contribution in [2.75, 3.05) is 12.4 Å². The lowest BCUT2D eigenvalue weighted by Gasteiger charge is -2.28. The van der Waals surface area contributed by atoms with Gasteiger partial charge in [0.15, 0.2) is 0 Å². The van der Waals surface area contributed by atoms with Gasteiger partial charge in [-0.3, -0.25) is 9.59 Å². The average molecular weight is 365 g/mol. The summed E-state index contributed by atoms with van der Waals surface area (Å²) in [6.45, 7) is 1.52. The fourth-order valence-electron chi connectivity index (χ4n) is 2.75. The van der Waals surface area contributed by atoms with Crippen molar-refractivity contribution >= 4 is 40.1 Å². The number of nitrogens with one attached hydrogen (secondary N) is 1. The van der Waals surface area contributed by atoms with Crippen LogP contribution >= 0.6 is 11.3 Å². The predicted molar refractivity (Wildman–Crippen MR) is 87.9 cm³/mol. The van der Waals surface area contributed by atoms with E-state index < -0.39 is 35.6 Å². The number of amides is 2. The molecule has 8 nitrogen and oxygen atoms in total. The first-order chi connectivity index (χ1) is 11.8. The van der Waals surface area contributed by atoms with Gasteiger partial charge in [-0.25, -0.2) is 4.79 Å². The molecule has 0 saturated heterocycles. The molecule has 0 fully saturated rings.